The van der Waals surface area contributed by atoms with E-state index in [1.54, 1.807) is 48.6 Å². The minimum atomic E-state index is -0.0986. The molecular formula is C20H25N3O2. The van der Waals surface area contributed by atoms with E-state index in [1.807, 2.05) is 12.1 Å². The number of carbonyl (C=O) groups is 2. The average molecular weight is 339 g/mol. The number of hydrogen-bond acceptors (Lipinski definition) is 3. The number of pyridine rings is 1. The largest absolute Gasteiger partial charge is 0.352 e. The van der Waals surface area contributed by atoms with Gasteiger partial charge in [0.05, 0.1) is 0 Å². The van der Waals surface area contributed by atoms with E-state index in [2.05, 4.69) is 17.2 Å². The second-order valence-electron chi connectivity index (χ2n) is 6.02. The molecule has 2 aromatic rings. The smallest absolute Gasteiger partial charge is 0.253 e. The minimum Gasteiger partial charge on any atom is -0.352 e. The van der Waals surface area contributed by atoms with Gasteiger partial charge in [0.15, 0.2) is 0 Å². The highest BCUT2D eigenvalue weighted by molar-refractivity contribution is 5.97. The van der Waals surface area contributed by atoms with Crippen LogP contribution in [0.3, 0.4) is 0 Å². The van der Waals surface area contributed by atoms with Gasteiger partial charge in [-0.3, -0.25) is 14.6 Å². The molecule has 1 aromatic carbocycles. The third kappa shape index (κ3) is 5.71. The molecule has 0 aliphatic rings. The molecule has 0 radical (unpaired) electrons. The van der Waals surface area contributed by atoms with Crippen molar-refractivity contribution in [1.82, 2.24) is 15.2 Å². The van der Waals surface area contributed by atoms with Gasteiger partial charge in [-0.05, 0) is 54.8 Å². The quantitative estimate of drug-likeness (QED) is 0.752. The van der Waals surface area contributed by atoms with Crippen molar-refractivity contribution in [2.75, 3.05) is 20.1 Å². The molecule has 0 aliphatic carbocycles. The lowest BCUT2D eigenvalue weighted by Gasteiger charge is -2.17. The van der Waals surface area contributed by atoms with E-state index in [0.29, 0.717) is 24.2 Å². The fraction of sp³-hybridized carbons (Fsp3) is 0.350. The molecule has 0 spiro atoms. The van der Waals surface area contributed by atoms with Gasteiger partial charge in [0.1, 0.15) is 0 Å². The van der Waals surface area contributed by atoms with Crippen LogP contribution in [0.25, 0.3) is 0 Å². The van der Waals surface area contributed by atoms with E-state index in [0.717, 1.165) is 24.8 Å². The standard InChI is InChI=1S/C20H25N3O2/c1-3-4-12-22-19(24)17-5-7-18(8-6-17)20(25)23(2)15-11-16-9-13-21-14-10-16/h5-10,13-14H,3-4,11-12,15H2,1-2H3,(H,22,24). The van der Waals surface area contributed by atoms with Crippen LogP contribution in [-0.4, -0.2) is 41.8 Å². The maximum Gasteiger partial charge on any atom is 0.253 e. The number of aromatic nitrogens is 1. The number of rotatable bonds is 8. The first-order chi connectivity index (χ1) is 12.1. The van der Waals surface area contributed by atoms with Crippen LogP contribution >= 0.6 is 0 Å². The Bertz CT molecular complexity index is 684. The molecule has 0 fully saturated rings. The molecule has 0 saturated heterocycles. The zero-order valence-electron chi connectivity index (χ0n) is 14.9. The minimum absolute atomic E-state index is 0.0491. The number of hydrogen-bond donors (Lipinski definition) is 1. The number of amides is 2. The second-order valence-corrected chi connectivity index (χ2v) is 6.02. The maximum atomic E-state index is 12.5. The number of unbranched alkanes of at least 4 members (excludes halogenated alkanes) is 1. The summed E-state index contributed by atoms with van der Waals surface area (Å²) in [4.78, 5) is 30.1. The third-order valence-electron chi connectivity index (χ3n) is 4.04. The van der Waals surface area contributed by atoms with Gasteiger partial charge in [0.2, 0.25) is 0 Å². The lowest BCUT2D eigenvalue weighted by molar-refractivity contribution is 0.0795. The van der Waals surface area contributed by atoms with Gasteiger partial charge in [-0.1, -0.05) is 13.3 Å². The molecule has 2 rings (SSSR count). The lowest BCUT2D eigenvalue weighted by atomic mass is 10.1. The van der Waals surface area contributed by atoms with Crippen LogP contribution in [0.2, 0.25) is 0 Å². The highest BCUT2D eigenvalue weighted by atomic mass is 16.2. The molecule has 2 amide bonds. The highest BCUT2D eigenvalue weighted by Gasteiger charge is 2.12. The molecule has 1 heterocycles. The Balaban J connectivity index is 1.89. The van der Waals surface area contributed by atoms with E-state index < -0.39 is 0 Å². The summed E-state index contributed by atoms with van der Waals surface area (Å²) < 4.78 is 0. The Hall–Kier alpha value is -2.69. The summed E-state index contributed by atoms with van der Waals surface area (Å²) in [7, 11) is 1.79. The van der Waals surface area contributed by atoms with Crippen molar-refractivity contribution in [2.45, 2.75) is 26.2 Å². The van der Waals surface area contributed by atoms with Crippen LogP contribution in [0.15, 0.2) is 48.8 Å². The Morgan fingerprint density at radius 3 is 2.32 bits per heavy atom. The second kappa shape index (κ2) is 9.57. The van der Waals surface area contributed by atoms with Gasteiger partial charge in [0, 0.05) is 43.7 Å². The van der Waals surface area contributed by atoms with Gasteiger partial charge in [0.25, 0.3) is 11.8 Å². The van der Waals surface area contributed by atoms with Gasteiger partial charge in [-0.25, -0.2) is 0 Å². The van der Waals surface area contributed by atoms with Crippen LogP contribution in [0.1, 0.15) is 46.0 Å². The van der Waals surface area contributed by atoms with Crippen molar-refractivity contribution in [3.63, 3.8) is 0 Å². The molecule has 5 nitrogen and oxygen atoms in total. The summed E-state index contributed by atoms with van der Waals surface area (Å²) in [6, 6.07) is 10.7. The van der Waals surface area contributed by atoms with Gasteiger partial charge in [-0.2, -0.15) is 0 Å². The zero-order chi connectivity index (χ0) is 18.1. The van der Waals surface area contributed by atoms with Crippen molar-refractivity contribution < 1.29 is 9.59 Å². The van der Waals surface area contributed by atoms with Crippen molar-refractivity contribution >= 4 is 11.8 Å². The van der Waals surface area contributed by atoms with Crippen molar-refractivity contribution in [2.24, 2.45) is 0 Å². The molecule has 1 aromatic heterocycles. The van der Waals surface area contributed by atoms with Crippen LogP contribution in [0.5, 0.6) is 0 Å². The lowest BCUT2D eigenvalue weighted by Crippen LogP contribution is -2.29. The molecule has 25 heavy (non-hydrogen) atoms. The molecular weight excluding hydrogens is 314 g/mol. The molecule has 0 saturated carbocycles. The number of carbonyl (C=O) groups excluding carboxylic acids is 2. The van der Waals surface area contributed by atoms with E-state index in [1.165, 1.54) is 0 Å². The maximum absolute atomic E-state index is 12.5. The average Bonchev–Trinajstić information content (AvgIpc) is 2.66. The molecule has 0 atom stereocenters. The third-order valence-corrected chi connectivity index (χ3v) is 4.04. The Labute approximate surface area is 149 Å². The Morgan fingerprint density at radius 2 is 1.68 bits per heavy atom. The number of likely N-dealkylation sites (N-methyl/N-ethyl adjacent to an activating group) is 1. The van der Waals surface area contributed by atoms with E-state index in [9.17, 15) is 9.59 Å². The first-order valence-electron chi connectivity index (χ1n) is 8.64. The Kier molecular flexibility index (Phi) is 7.14. The van der Waals surface area contributed by atoms with Gasteiger partial charge < -0.3 is 10.2 Å². The molecule has 0 unspecified atom stereocenters. The summed E-state index contributed by atoms with van der Waals surface area (Å²) >= 11 is 0. The van der Waals surface area contributed by atoms with Gasteiger partial charge in [-0.15, -0.1) is 0 Å². The van der Waals surface area contributed by atoms with Crippen molar-refractivity contribution in [3.05, 3.63) is 65.5 Å². The first kappa shape index (κ1) is 18.6. The summed E-state index contributed by atoms with van der Waals surface area (Å²) in [5.41, 5.74) is 2.31. The van der Waals surface area contributed by atoms with Crippen LogP contribution in [-0.2, 0) is 6.42 Å². The van der Waals surface area contributed by atoms with Crippen LogP contribution in [0, 0.1) is 0 Å². The fourth-order valence-corrected chi connectivity index (χ4v) is 2.41. The van der Waals surface area contributed by atoms with Crippen molar-refractivity contribution in [3.8, 4) is 0 Å². The summed E-state index contributed by atoms with van der Waals surface area (Å²) in [5.74, 6) is -0.148. The predicted molar refractivity (Wildman–Crippen MR) is 98.6 cm³/mol. The number of nitrogens with one attached hydrogen (secondary N) is 1. The number of benzene rings is 1. The van der Waals surface area contributed by atoms with Crippen LogP contribution < -0.4 is 5.32 Å². The molecule has 5 heteroatoms. The molecule has 0 aliphatic heterocycles. The molecule has 132 valence electrons. The van der Waals surface area contributed by atoms with E-state index in [4.69, 9.17) is 0 Å². The van der Waals surface area contributed by atoms with Crippen molar-refractivity contribution in [1.29, 1.82) is 0 Å². The number of nitrogens with zero attached hydrogens (tertiary/aromatic N) is 2. The predicted octanol–water partition coefficient (Wildman–Crippen LogP) is 2.93. The summed E-state index contributed by atoms with van der Waals surface area (Å²) in [5, 5.41) is 2.87. The molecule has 1 N–H and O–H groups in total. The zero-order valence-corrected chi connectivity index (χ0v) is 14.9. The molecule has 0 bridgehead atoms. The summed E-state index contributed by atoms with van der Waals surface area (Å²) in [6.45, 7) is 3.38. The topological polar surface area (TPSA) is 62.3 Å². The first-order valence-corrected chi connectivity index (χ1v) is 8.64. The SMILES string of the molecule is CCCCNC(=O)c1ccc(C(=O)N(C)CCc2ccncc2)cc1. The van der Waals surface area contributed by atoms with E-state index >= 15 is 0 Å². The highest BCUT2D eigenvalue weighted by Crippen LogP contribution is 2.08. The van der Waals surface area contributed by atoms with E-state index in [-0.39, 0.29) is 11.8 Å². The fourth-order valence-electron chi connectivity index (χ4n) is 2.41. The monoisotopic (exact) mass is 339 g/mol. The summed E-state index contributed by atoms with van der Waals surface area (Å²) in [6.07, 6.45) is 6.29. The normalized spacial score (nSPS) is 10.3. The Morgan fingerprint density at radius 1 is 1.04 bits per heavy atom. The van der Waals surface area contributed by atoms with Crippen LogP contribution in [0.4, 0.5) is 0 Å². The van der Waals surface area contributed by atoms with Gasteiger partial charge >= 0.3 is 0 Å².